The van der Waals surface area contributed by atoms with Crippen molar-refractivity contribution in [3.63, 3.8) is 0 Å². The third-order valence-corrected chi connectivity index (χ3v) is 4.04. The second-order valence-corrected chi connectivity index (χ2v) is 6.00. The quantitative estimate of drug-likeness (QED) is 0.403. The lowest BCUT2D eigenvalue weighted by atomic mass is 9.92. The SMILES string of the molecule is CC(=O)C(CN=O)c1ccccc1/C=N/OC(C)c1cccc(C)c1. The van der Waals surface area contributed by atoms with Crippen LogP contribution in [0.3, 0.4) is 0 Å². The van der Waals surface area contributed by atoms with Crippen molar-refractivity contribution in [2.45, 2.75) is 32.8 Å². The Kier molecular flexibility index (Phi) is 6.57. The van der Waals surface area contributed by atoms with Gasteiger partial charge in [-0.05, 0) is 31.9 Å². The van der Waals surface area contributed by atoms with Crippen molar-refractivity contribution in [2.24, 2.45) is 10.3 Å². The van der Waals surface area contributed by atoms with Gasteiger partial charge in [-0.3, -0.25) is 4.79 Å². The molecule has 5 heteroatoms. The van der Waals surface area contributed by atoms with Gasteiger partial charge in [-0.2, -0.15) is 4.91 Å². The molecule has 2 aromatic rings. The van der Waals surface area contributed by atoms with Gasteiger partial charge < -0.3 is 4.84 Å². The van der Waals surface area contributed by atoms with E-state index in [9.17, 15) is 9.70 Å². The molecule has 0 heterocycles. The summed E-state index contributed by atoms with van der Waals surface area (Å²) in [7, 11) is 0. The molecule has 0 saturated heterocycles. The van der Waals surface area contributed by atoms with E-state index in [0.29, 0.717) is 0 Å². The van der Waals surface area contributed by atoms with Gasteiger partial charge in [0.15, 0.2) is 0 Å². The number of aryl methyl sites for hydroxylation is 1. The maximum Gasteiger partial charge on any atom is 0.149 e. The van der Waals surface area contributed by atoms with E-state index in [1.54, 1.807) is 6.21 Å². The van der Waals surface area contributed by atoms with E-state index < -0.39 is 5.92 Å². The smallest absolute Gasteiger partial charge is 0.149 e. The van der Waals surface area contributed by atoms with Gasteiger partial charge in [0, 0.05) is 5.56 Å². The van der Waals surface area contributed by atoms with Crippen LogP contribution in [0.1, 0.15) is 48.1 Å². The molecule has 2 aromatic carbocycles. The molecule has 0 aliphatic heterocycles. The second kappa shape index (κ2) is 8.87. The topological polar surface area (TPSA) is 68.1 Å². The molecule has 130 valence electrons. The number of rotatable bonds is 8. The molecule has 0 aliphatic carbocycles. The van der Waals surface area contributed by atoms with E-state index in [-0.39, 0.29) is 18.4 Å². The minimum atomic E-state index is -0.561. The van der Waals surface area contributed by atoms with Gasteiger partial charge in [-0.1, -0.05) is 64.4 Å². The largest absolute Gasteiger partial charge is 0.388 e. The average molecular weight is 338 g/mol. The predicted octanol–water partition coefficient (Wildman–Crippen LogP) is 4.55. The summed E-state index contributed by atoms with van der Waals surface area (Å²) in [6.45, 7) is 5.33. The lowest BCUT2D eigenvalue weighted by molar-refractivity contribution is -0.118. The minimum absolute atomic E-state index is 0.0826. The lowest BCUT2D eigenvalue weighted by Gasteiger charge is -2.14. The molecule has 2 rings (SSSR count). The van der Waals surface area contributed by atoms with Crippen molar-refractivity contribution < 1.29 is 9.63 Å². The summed E-state index contributed by atoms with van der Waals surface area (Å²) in [4.78, 5) is 28.0. The minimum Gasteiger partial charge on any atom is -0.388 e. The molecular formula is C20H22N2O3. The fourth-order valence-electron chi connectivity index (χ4n) is 2.63. The van der Waals surface area contributed by atoms with Crippen molar-refractivity contribution in [1.29, 1.82) is 0 Å². The summed E-state index contributed by atoms with van der Waals surface area (Å²) >= 11 is 0. The van der Waals surface area contributed by atoms with Crippen LogP contribution in [0.5, 0.6) is 0 Å². The normalized spacial score (nSPS) is 13.4. The van der Waals surface area contributed by atoms with Crippen molar-refractivity contribution >= 4 is 12.0 Å². The molecule has 0 saturated carbocycles. The fourth-order valence-corrected chi connectivity index (χ4v) is 2.63. The van der Waals surface area contributed by atoms with Crippen LogP contribution in [0.2, 0.25) is 0 Å². The highest BCUT2D eigenvalue weighted by atomic mass is 16.6. The third-order valence-electron chi connectivity index (χ3n) is 4.04. The number of Topliss-reactive ketones (excluding diaryl/α,β-unsaturated/α-hetero) is 1. The van der Waals surface area contributed by atoms with E-state index in [1.165, 1.54) is 6.92 Å². The Bertz CT molecular complexity index is 771. The Morgan fingerprint density at radius 1 is 1.20 bits per heavy atom. The van der Waals surface area contributed by atoms with Crippen LogP contribution in [-0.4, -0.2) is 18.5 Å². The molecule has 0 bridgehead atoms. The Hall–Kier alpha value is -2.82. The molecule has 0 N–H and O–H groups in total. The zero-order chi connectivity index (χ0) is 18.2. The van der Waals surface area contributed by atoms with Gasteiger partial charge in [0.1, 0.15) is 11.9 Å². The number of carbonyl (C=O) groups excluding carboxylic acids is 1. The van der Waals surface area contributed by atoms with Gasteiger partial charge in [-0.25, -0.2) is 0 Å². The molecule has 2 unspecified atom stereocenters. The summed E-state index contributed by atoms with van der Waals surface area (Å²) in [6.07, 6.45) is 1.38. The third kappa shape index (κ3) is 5.08. The van der Waals surface area contributed by atoms with Gasteiger partial charge in [0.25, 0.3) is 0 Å². The summed E-state index contributed by atoms with van der Waals surface area (Å²) < 4.78 is 0. The molecular weight excluding hydrogens is 316 g/mol. The van der Waals surface area contributed by atoms with Crippen molar-refractivity contribution in [2.75, 3.05) is 6.54 Å². The van der Waals surface area contributed by atoms with E-state index in [2.05, 4.69) is 16.4 Å². The van der Waals surface area contributed by atoms with Crippen LogP contribution in [-0.2, 0) is 9.63 Å². The van der Waals surface area contributed by atoms with Crippen molar-refractivity contribution in [3.8, 4) is 0 Å². The van der Waals surface area contributed by atoms with E-state index in [0.717, 1.165) is 22.3 Å². The number of ketones is 1. The number of benzene rings is 2. The molecule has 0 amide bonds. The molecule has 0 fully saturated rings. The molecule has 0 aromatic heterocycles. The Morgan fingerprint density at radius 3 is 2.64 bits per heavy atom. The fraction of sp³-hybridized carbons (Fsp3) is 0.300. The molecule has 2 atom stereocenters. The number of oxime groups is 1. The number of carbonyl (C=O) groups is 1. The van der Waals surface area contributed by atoms with Gasteiger partial charge in [-0.15, -0.1) is 0 Å². The van der Waals surface area contributed by atoms with Crippen LogP contribution in [0, 0.1) is 11.8 Å². The predicted molar refractivity (Wildman–Crippen MR) is 98.8 cm³/mol. The number of hydrogen-bond acceptors (Lipinski definition) is 5. The zero-order valence-electron chi connectivity index (χ0n) is 14.7. The number of nitrogens with zero attached hydrogens (tertiary/aromatic N) is 2. The second-order valence-electron chi connectivity index (χ2n) is 6.00. The standard InChI is InChI=1S/C20H22N2O3/c1-14-7-6-9-17(11-14)16(3)25-22-12-18-8-4-5-10-19(18)20(13-21-24)15(2)23/h4-12,16,20H,13H2,1-3H3/b22-12+. The maximum absolute atomic E-state index is 11.8. The number of nitroso groups, excluding NO2 is 1. The van der Waals surface area contributed by atoms with Gasteiger partial charge >= 0.3 is 0 Å². The highest BCUT2D eigenvalue weighted by Gasteiger charge is 2.19. The first-order valence-corrected chi connectivity index (χ1v) is 8.17. The maximum atomic E-state index is 11.8. The van der Waals surface area contributed by atoms with Crippen molar-refractivity contribution in [1.82, 2.24) is 0 Å². The van der Waals surface area contributed by atoms with E-state index in [4.69, 9.17) is 4.84 Å². The van der Waals surface area contributed by atoms with E-state index in [1.807, 2.05) is 56.3 Å². The first kappa shape index (κ1) is 18.5. The lowest BCUT2D eigenvalue weighted by Crippen LogP contribution is -2.14. The monoisotopic (exact) mass is 338 g/mol. The van der Waals surface area contributed by atoms with Crippen molar-refractivity contribution in [3.05, 3.63) is 75.7 Å². The molecule has 0 spiro atoms. The van der Waals surface area contributed by atoms with Crippen LogP contribution >= 0.6 is 0 Å². The van der Waals surface area contributed by atoms with E-state index >= 15 is 0 Å². The summed E-state index contributed by atoms with van der Waals surface area (Å²) in [5, 5.41) is 6.95. The first-order valence-electron chi connectivity index (χ1n) is 8.17. The average Bonchev–Trinajstić information content (AvgIpc) is 2.60. The number of hydrogen-bond donors (Lipinski definition) is 0. The molecule has 0 radical (unpaired) electrons. The molecule has 25 heavy (non-hydrogen) atoms. The highest BCUT2D eigenvalue weighted by molar-refractivity contribution is 5.89. The summed E-state index contributed by atoms with van der Waals surface area (Å²) in [6, 6.07) is 15.4. The van der Waals surface area contributed by atoms with Gasteiger partial charge in [0.05, 0.1) is 18.7 Å². The van der Waals surface area contributed by atoms with Crippen LogP contribution in [0.15, 0.2) is 58.9 Å². The Labute approximate surface area is 147 Å². The zero-order valence-corrected chi connectivity index (χ0v) is 14.7. The van der Waals surface area contributed by atoms with Crippen LogP contribution in [0.25, 0.3) is 0 Å². The van der Waals surface area contributed by atoms with Crippen LogP contribution in [0.4, 0.5) is 0 Å². The first-order chi connectivity index (χ1) is 12.0. The van der Waals surface area contributed by atoms with Crippen LogP contribution < -0.4 is 0 Å². The Morgan fingerprint density at radius 2 is 1.96 bits per heavy atom. The Balaban J connectivity index is 2.15. The summed E-state index contributed by atoms with van der Waals surface area (Å²) in [5.41, 5.74) is 3.66. The molecule has 0 aliphatic rings. The summed E-state index contributed by atoms with van der Waals surface area (Å²) in [5.74, 6) is -0.663. The van der Waals surface area contributed by atoms with Gasteiger partial charge in [0.2, 0.25) is 0 Å². The molecule has 5 nitrogen and oxygen atoms in total. The highest BCUT2D eigenvalue weighted by Crippen LogP contribution is 2.22.